The molecule has 1 amide bonds. The van der Waals surface area contributed by atoms with E-state index in [4.69, 9.17) is 9.47 Å². The zero-order valence-electron chi connectivity index (χ0n) is 25.2. The van der Waals surface area contributed by atoms with Crippen molar-refractivity contribution in [2.45, 2.75) is 37.8 Å². The molecule has 16 heteroatoms. The van der Waals surface area contributed by atoms with Crippen LogP contribution in [0, 0.1) is 18.6 Å². The van der Waals surface area contributed by atoms with Gasteiger partial charge in [0, 0.05) is 42.0 Å². The Morgan fingerprint density at radius 2 is 1.77 bits per heavy atom. The molecule has 4 aromatic rings. The number of ether oxygens (including phenoxy) is 2. The molecule has 1 aliphatic heterocycles. The molecule has 2 atom stereocenters. The molecule has 48 heavy (non-hydrogen) atoms. The summed E-state index contributed by atoms with van der Waals surface area (Å²) >= 11 is 0. The Bertz CT molecular complexity index is 1840. The average molecular weight is 683 g/mol. The van der Waals surface area contributed by atoms with Crippen LogP contribution in [0.15, 0.2) is 54.9 Å². The van der Waals surface area contributed by atoms with Crippen molar-refractivity contribution in [1.82, 2.24) is 15.3 Å². The van der Waals surface area contributed by atoms with Crippen LogP contribution in [-0.2, 0) is 26.9 Å². The third-order valence-electron chi connectivity index (χ3n) is 7.75. The first-order chi connectivity index (χ1) is 22.6. The van der Waals surface area contributed by atoms with Crippen molar-refractivity contribution >= 4 is 28.5 Å². The summed E-state index contributed by atoms with van der Waals surface area (Å²) in [6.45, 7) is 0.255. The van der Waals surface area contributed by atoms with Gasteiger partial charge in [-0.2, -0.15) is 26.3 Å². The van der Waals surface area contributed by atoms with Gasteiger partial charge in [0.15, 0.2) is 0 Å². The van der Waals surface area contributed by atoms with Crippen molar-refractivity contribution in [2.24, 2.45) is 0 Å². The molecule has 1 saturated heterocycles. The van der Waals surface area contributed by atoms with Gasteiger partial charge in [-0.1, -0.05) is 18.2 Å². The van der Waals surface area contributed by atoms with Crippen LogP contribution in [0.1, 0.15) is 27.0 Å². The lowest BCUT2D eigenvalue weighted by molar-refractivity contribution is -0.167. The minimum absolute atomic E-state index is 0.0394. The fourth-order valence-electron chi connectivity index (χ4n) is 5.51. The molecule has 0 unspecified atom stereocenters. The number of pyridine rings is 2. The zero-order chi connectivity index (χ0) is 35.0. The largest absolute Gasteiger partial charge is 0.467 e. The van der Waals surface area contributed by atoms with Gasteiger partial charge in [-0.15, -0.1) is 0 Å². The van der Waals surface area contributed by atoms with E-state index in [1.165, 1.54) is 43.6 Å². The number of carbonyl (C=O) groups excluding carboxylic acids is 2. The second kappa shape index (κ2) is 13.3. The standard InChI is InChI=1S/C32H26F8N4O4/c1-16-10-21(31(35,36)37)28(42-14-16)20-6-5-17(19-4-3-7-41-27(19)20)11-24(30(46)47-2)43-29(45)26-22(33)12-18(13-23(26)34)44-8-9-48-15-25(44)32(38,39)40/h3-7,10,12-14,24-25H,8-9,11,15H2,1-2H3,(H,43,45)/t24-,25+/m0/s1. The number of rotatable bonds is 7. The van der Waals surface area contributed by atoms with Crippen LogP contribution in [0.4, 0.5) is 40.8 Å². The molecule has 2 aromatic heterocycles. The molecule has 0 spiro atoms. The van der Waals surface area contributed by atoms with E-state index < -0.39 is 71.4 Å². The molecule has 0 saturated carbocycles. The van der Waals surface area contributed by atoms with Gasteiger partial charge in [0.2, 0.25) is 0 Å². The number of anilines is 1. The first kappa shape index (κ1) is 34.5. The third-order valence-corrected chi connectivity index (χ3v) is 7.75. The number of methoxy groups -OCH3 is 1. The Morgan fingerprint density at radius 3 is 2.42 bits per heavy atom. The number of fused-ring (bicyclic) bond motifs is 1. The summed E-state index contributed by atoms with van der Waals surface area (Å²) in [6.07, 6.45) is -7.24. The number of morpholine rings is 1. The van der Waals surface area contributed by atoms with E-state index in [0.717, 1.165) is 18.1 Å². The summed E-state index contributed by atoms with van der Waals surface area (Å²) in [6, 6.07) is 4.13. The molecule has 0 aliphatic carbocycles. The number of benzene rings is 2. The number of carbonyl (C=O) groups is 2. The third kappa shape index (κ3) is 7.02. The number of hydrogen-bond donors (Lipinski definition) is 1. The highest BCUT2D eigenvalue weighted by atomic mass is 19.4. The Kier molecular flexibility index (Phi) is 9.58. The van der Waals surface area contributed by atoms with Crippen molar-refractivity contribution in [3.63, 3.8) is 0 Å². The van der Waals surface area contributed by atoms with E-state index in [9.17, 15) is 35.9 Å². The number of aromatic nitrogens is 2. The molecule has 1 aliphatic rings. The predicted octanol–water partition coefficient (Wildman–Crippen LogP) is 6.18. The number of amides is 1. The average Bonchev–Trinajstić information content (AvgIpc) is 3.03. The monoisotopic (exact) mass is 682 g/mol. The van der Waals surface area contributed by atoms with Crippen LogP contribution < -0.4 is 10.2 Å². The van der Waals surface area contributed by atoms with Crippen molar-refractivity contribution < 1.29 is 54.2 Å². The summed E-state index contributed by atoms with van der Waals surface area (Å²) in [5, 5.41) is 2.50. The number of aryl methyl sites for hydroxylation is 1. The highest BCUT2D eigenvalue weighted by Crippen LogP contribution is 2.39. The molecule has 254 valence electrons. The van der Waals surface area contributed by atoms with Crippen LogP contribution in [-0.4, -0.2) is 67.0 Å². The second-order valence-electron chi connectivity index (χ2n) is 10.9. The summed E-state index contributed by atoms with van der Waals surface area (Å²) < 4.78 is 122. The van der Waals surface area contributed by atoms with Crippen molar-refractivity contribution in [2.75, 3.05) is 31.8 Å². The Morgan fingerprint density at radius 1 is 1.06 bits per heavy atom. The predicted molar refractivity (Wildman–Crippen MR) is 156 cm³/mol. The molecule has 5 rings (SSSR count). The maximum Gasteiger partial charge on any atom is 0.418 e. The van der Waals surface area contributed by atoms with Crippen molar-refractivity contribution in [3.8, 4) is 11.3 Å². The van der Waals surface area contributed by atoms with Gasteiger partial charge in [0.25, 0.3) is 5.91 Å². The van der Waals surface area contributed by atoms with E-state index in [-0.39, 0.29) is 41.9 Å². The quantitative estimate of drug-likeness (QED) is 0.184. The van der Waals surface area contributed by atoms with Gasteiger partial charge in [-0.3, -0.25) is 14.8 Å². The summed E-state index contributed by atoms with van der Waals surface area (Å²) in [5.74, 6) is -5.39. The van der Waals surface area contributed by atoms with Gasteiger partial charge in [0.1, 0.15) is 29.3 Å². The zero-order valence-corrected chi connectivity index (χ0v) is 25.2. The Hall–Kier alpha value is -4.86. The number of nitrogens with zero attached hydrogens (tertiary/aromatic N) is 3. The minimum atomic E-state index is -4.77. The number of nitrogens with one attached hydrogen (secondary N) is 1. The lowest BCUT2D eigenvalue weighted by Crippen LogP contribution is -2.53. The molecular formula is C32H26F8N4O4. The molecule has 8 nitrogen and oxygen atoms in total. The van der Waals surface area contributed by atoms with Gasteiger partial charge in [-0.25, -0.2) is 13.6 Å². The fraction of sp³-hybridized carbons (Fsp3) is 0.312. The smallest absolute Gasteiger partial charge is 0.418 e. The van der Waals surface area contributed by atoms with Gasteiger partial charge < -0.3 is 19.7 Å². The first-order valence-corrected chi connectivity index (χ1v) is 14.3. The summed E-state index contributed by atoms with van der Waals surface area (Å²) in [7, 11) is 1.00. The molecule has 1 fully saturated rings. The van der Waals surface area contributed by atoms with E-state index in [2.05, 4.69) is 15.3 Å². The second-order valence-corrected chi connectivity index (χ2v) is 10.9. The number of alkyl halides is 6. The number of esters is 1. The van der Waals surface area contributed by atoms with Crippen molar-refractivity contribution in [1.29, 1.82) is 0 Å². The topological polar surface area (TPSA) is 93.7 Å². The van der Waals surface area contributed by atoms with E-state index in [1.807, 2.05) is 0 Å². The van der Waals surface area contributed by atoms with Crippen LogP contribution in [0.5, 0.6) is 0 Å². The molecule has 0 bridgehead atoms. The van der Waals surface area contributed by atoms with Crippen molar-refractivity contribution in [3.05, 3.63) is 88.7 Å². The molecule has 3 heterocycles. The van der Waals surface area contributed by atoms with Crippen LogP contribution in [0.3, 0.4) is 0 Å². The lowest BCUT2D eigenvalue weighted by Gasteiger charge is -2.38. The number of hydrogen-bond acceptors (Lipinski definition) is 7. The molecular weight excluding hydrogens is 656 g/mol. The van der Waals surface area contributed by atoms with E-state index >= 15 is 8.78 Å². The molecule has 0 radical (unpaired) electrons. The SMILES string of the molecule is COC(=O)[C@H](Cc1ccc(-c2ncc(C)cc2C(F)(F)F)c2ncccc12)NC(=O)c1c(F)cc(N2CCOC[C@@H]2C(F)(F)F)cc1F. The maximum atomic E-state index is 15.2. The molecule has 1 N–H and O–H groups in total. The van der Waals surface area contributed by atoms with Gasteiger partial charge in [0.05, 0.1) is 37.1 Å². The fourth-order valence-corrected chi connectivity index (χ4v) is 5.51. The van der Waals surface area contributed by atoms with Gasteiger partial charge >= 0.3 is 18.3 Å². The normalized spacial score (nSPS) is 16.1. The van der Waals surface area contributed by atoms with E-state index in [1.54, 1.807) is 0 Å². The highest BCUT2D eigenvalue weighted by molar-refractivity contribution is 5.99. The van der Waals surface area contributed by atoms with Gasteiger partial charge in [-0.05, 0) is 42.3 Å². The maximum absolute atomic E-state index is 15.2. The Balaban J connectivity index is 1.47. The van der Waals surface area contributed by atoms with Crippen LogP contribution >= 0.6 is 0 Å². The first-order valence-electron chi connectivity index (χ1n) is 14.3. The minimum Gasteiger partial charge on any atom is -0.467 e. The molecule has 2 aromatic carbocycles. The van der Waals surface area contributed by atoms with Crippen LogP contribution in [0.25, 0.3) is 22.2 Å². The highest BCUT2D eigenvalue weighted by Gasteiger charge is 2.46. The summed E-state index contributed by atoms with van der Waals surface area (Å²) in [4.78, 5) is 34.9. The lowest BCUT2D eigenvalue weighted by atomic mass is 9.95. The van der Waals surface area contributed by atoms with E-state index in [0.29, 0.717) is 23.1 Å². The number of halogens is 8. The summed E-state index contributed by atoms with van der Waals surface area (Å²) in [5.41, 5.74) is -2.26. The van der Waals surface area contributed by atoms with Crippen LogP contribution in [0.2, 0.25) is 0 Å². The Labute approximate surface area is 267 Å².